The number of alkyl halides is 3. The molecule has 0 aromatic carbocycles. The van der Waals surface area contributed by atoms with Crippen molar-refractivity contribution in [3.8, 4) is 0 Å². The summed E-state index contributed by atoms with van der Waals surface area (Å²) in [7, 11) is 0. The van der Waals surface area contributed by atoms with Crippen LogP contribution in [0, 0.1) is 0 Å². The van der Waals surface area contributed by atoms with Gasteiger partial charge in [0.15, 0.2) is 0 Å². The first kappa shape index (κ1) is 13.9. The smallest absolute Gasteiger partial charge is 0.395 e. The van der Waals surface area contributed by atoms with Crippen LogP contribution in [-0.2, 0) is 0 Å². The number of nitrogens with zero attached hydrogens (tertiary/aromatic N) is 2. The van der Waals surface area contributed by atoms with Gasteiger partial charge in [-0.1, -0.05) is 0 Å². The minimum absolute atomic E-state index is 0.0444. The lowest BCUT2D eigenvalue weighted by molar-refractivity contribution is -0.120. The van der Waals surface area contributed by atoms with Crippen LogP contribution in [0.2, 0.25) is 0 Å². The molecule has 1 aromatic rings. The summed E-state index contributed by atoms with van der Waals surface area (Å²) in [6, 6.07) is 1.02. The number of hydrogen-bond acceptors (Lipinski definition) is 4. The van der Waals surface area contributed by atoms with Gasteiger partial charge >= 0.3 is 6.18 Å². The standard InChI is InChI=1S/C11H14F3N3O2/c12-11(13,14)6-17(3-4-18)8-5-9(19)16-10(15-8)7-1-2-7/h5,7,18H,1-4,6H2,(H,15,16,19). The van der Waals surface area contributed by atoms with Crippen LogP contribution in [0.5, 0.6) is 0 Å². The Morgan fingerprint density at radius 3 is 2.68 bits per heavy atom. The van der Waals surface area contributed by atoms with Gasteiger partial charge in [0.25, 0.3) is 5.56 Å². The molecule has 0 radical (unpaired) electrons. The second-order valence-corrected chi connectivity index (χ2v) is 4.52. The van der Waals surface area contributed by atoms with E-state index in [4.69, 9.17) is 5.11 Å². The first-order chi connectivity index (χ1) is 8.89. The molecular formula is C11H14F3N3O2. The maximum Gasteiger partial charge on any atom is 0.405 e. The lowest BCUT2D eigenvalue weighted by atomic mass is 10.3. The Bertz CT molecular complexity index is 497. The summed E-state index contributed by atoms with van der Waals surface area (Å²) < 4.78 is 37.3. The molecule has 1 aliphatic rings. The minimum Gasteiger partial charge on any atom is -0.395 e. The average Bonchev–Trinajstić information content (AvgIpc) is 3.09. The minimum atomic E-state index is -4.42. The molecule has 1 heterocycles. The molecule has 1 fully saturated rings. The molecule has 19 heavy (non-hydrogen) atoms. The predicted octanol–water partition coefficient (Wildman–Crippen LogP) is 1.01. The van der Waals surface area contributed by atoms with Crippen molar-refractivity contribution in [3.63, 3.8) is 0 Å². The molecule has 1 aliphatic carbocycles. The topological polar surface area (TPSA) is 69.2 Å². The molecule has 5 nitrogen and oxygen atoms in total. The van der Waals surface area contributed by atoms with E-state index >= 15 is 0 Å². The van der Waals surface area contributed by atoms with Gasteiger partial charge in [-0.25, -0.2) is 4.98 Å². The summed E-state index contributed by atoms with van der Waals surface area (Å²) in [5.41, 5.74) is -0.475. The van der Waals surface area contributed by atoms with Crippen LogP contribution in [0.4, 0.5) is 19.0 Å². The van der Waals surface area contributed by atoms with Gasteiger partial charge in [0.05, 0.1) is 6.61 Å². The van der Waals surface area contributed by atoms with E-state index in [2.05, 4.69) is 9.97 Å². The zero-order chi connectivity index (χ0) is 14.0. The van der Waals surface area contributed by atoms with Gasteiger partial charge < -0.3 is 15.0 Å². The Balaban J connectivity index is 2.27. The zero-order valence-electron chi connectivity index (χ0n) is 10.1. The number of H-pyrrole nitrogens is 1. The third-order valence-corrected chi connectivity index (χ3v) is 2.77. The van der Waals surface area contributed by atoms with Crippen LogP contribution in [0.15, 0.2) is 10.9 Å². The van der Waals surface area contributed by atoms with Crippen LogP contribution >= 0.6 is 0 Å². The maximum atomic E-state index is 12.4. The molecule has 0 spiro atoms. The van der Waals surface area contributed by atoms with Crippen molar-refractivity contribution in [2.24, 2.45) is 0 Å². The van der Waals surface area contributed by atoms with Gasteiger partial charge in [-0.05, 0) is 12.8 Å². The second kappa shape index (κ2) is 5.20. The summed E-state index contributed by atoms with van der Waals surface area (Å²) in [6.07, 6.45) is -2.66. The Morgan fingerprint density at radius 2 is 2.16 bits per heavy atom. The van der Waals surface area contributed by atoms with E-state index in [1.807, 2.05) is 0 Å². The molecule has 1 aromatic heterocycles. The van der Waals surface area contributed by atoms with Crippen LogP contribution in [-0.4, -0.2) is 40.9 Å². The number of aliphatic hydroxyl groups excluding tert-OH is 1. The van der Waals surface area contributed by atoms with Crippen molar-refractivity contribution in [1.82, 2.24) is 9.97 Å². The van der Waals surface area contributed by atoms with E-state index < -0.39 is 24.9 Å². The molecule has 0 saturated heterocycles. The predicted molar refractivity (Wildman–Crippen MR) is 62.2 cm³/mol. The molecule has 1 saturated carbocycles. The van der Waals surface area contributed by atoms with Crippen LogP contribution < -0.4 is 10.5 Å². The fourth-order valence-electron chi connectivity index (χ4n) is 1.79. The van der Waals surface area contributed by atoms with Crippen LogP contribution in [0.3, 0.4) is 0 Å². The number of hydrogen-bond donors (Lipinski definition) is 2. The summed E-state index contributed by atoms with van der Waals surface area (Å²) >= 11 is 0. The molecular weight excluding hydrogens is 263 g/mol. The fourth-order valence-corrected chi connectivity index (χ4v) is 1.79. The van der Waals surface area contributed by atoms with Gasteiger partial charge in [-0.2, -0.15) is 13.2 Å². The summed E-state index contributed by atoms with van der Waals surface area (Å²) in [5, 5.41) is 8.83. The molecule has 0 amide bonds. The Labute approximate surface area is 107 Å². The quantitative estimate of drug-likeness (QED) is 0.842. The third-order valence-electron chi connectivity index (χ3n) is 2.77. The van der Waals surface area contributed by atoms with E-state index in [9.17, 15) is 18.0 Å². The van der Waals surface area contributed by atoms with Gasteiger partial charge in [-0.3, -0.25) is 4.79 Å². The van der Waals surface area contributed by atoms with Crippen molar-refractivity contribution in [3.05, 3.63) is 22.2 Å². The number of anilines is 1. The molecule has 2 N–H and O–H groups in total. The third kappa shape index (κ3) is 3.95. The van der Waals surface area contributed by atoms with E-state index in [-0.39, 0.29) is 18.3 Å². The molecule has 106 valence electrons. The molecule has 2 rings (SSSR count). The number of halogens is 3. The lowest BCUT2D eigenvalue weighted by Crippen LogP contribution is -2.37. The van der Waals surface area contributed by atoms with Gasteiger partial charge in [0, 0.05) is 18.5 Å². The number of rotatable bonds is 5. The normalized spacial score (nSPS) is 15.6. The molecule has 0 atom stereocenters. The van der Waals surface area contributed by atoms with Gasteiger partial charge in [0.2, 0.25) is 0 Å². The van der Waals surface area contributed by atoms with Crippen LogP contribution in [0.1, 0.15) is 24.6 Å². The number of nitrogens with one attached hydrogen (secondary N) is 1. The Morgan fingerprint density at radius 1 is 1.47 bits per heavy atom. The number of aromatic amines is 1. The molecule has 0 aliphatic heterocycles. The largest absolute Gasteiger partial charge is 0.405 e. The van der Waals surface area contributed by atoms with E-state index in [0.717, 1.165) is 23.8 Å². The average molecular weight is 277 g/mol. The fraction of sp³-hybridized carbons (Fsp3) is 0.636. The summed E-state index contributed by atoms with van der Waals surface area (Å²) in [5.74, 6) is 0.513. The highest BCUT2D eigenvalue weighted by atomic mass is 19.4. The van der Waals surface area contributed by atoms with E-state index in [1.54, 1.807) is 0 Å². The van der Waals surface area contributed by atoms with Gasteiger partial charge in [0.1, 0.15) is 18.2 Å². The van der Waals surface area contributed by atoms with Crippen LogP contribution in [0.25, 0.3) is 0 Å². The monoisotopic (exact) mass is 277 g/mol. The number of aromatic nitrogens is 2. The second-order valence-electron chi connectivity index (χ2n) is 4.52. The van der Waals surface area contributed by atoms with Crippen molar-refractivity contribution in [2.75, 3.05) is 24.6 Å². The molecule has 0 bridgehead atoms. The van der Waals surface area contributed by atoms with E-state index in [1.165, 1.54) is 0 Å². The molecule has 8 heteroatoms. The number of aliphatic hydroxyl groups is 1. The highest BCUT2D eigenvalue weighted by molar-refractivity contribution is 5.38. The Kier molecular flexibility index (Phi) is 3.79. The maximum absolute atomic E-state index is 12.4. The molecule has 0 unspecified atom stereocenters. The zero-order valence-corrected chi connectivity index (χ0v) is 10.1. The summed E-state index contributed by atoms with van der Waals surface area (Å²) in [4.78, 5) is 18.9. The van der Waals surface area contributed by atoms with Gasteiger partial charge in [-0.15, -0.1) is 0 Å². The van der Waals surface area contributed by atoms with Crippen molar-refractivity contribution < 1.29 is 18.3 Å². The van der Waals surface area contributed by atoms with E-state index in [0.29, 0.717) is 5.82 Å². The Hall–Kier alpha value is -1.57. The first-order valence-electron chi connectivity index (χ1n) is 5.93. The SMILES string of the molecule is O=c1cc(N(CCO)CC(F)(F)F)nc(C2CC2)[nH]1. The van der Waals surface area contributed by atoms with Crippen molar-refractivity contribution in [1.29, 1.82) is 0 Å². The highest BCUT2D eigenvalue weighted by Gasteiger charge is 2.32. The summed E-state index contributed by atoms with van der Waals surface area (Å²) in [6.45, 7) is -1.91. The first-order valence-corrected chi connectivity index (χ1v) is 5.93. The highest BCUT2D eigenvalue weighted by Crippen LogP contribution is 2.38. The van der Waals surface area contributed by atoms with Crippen molar-refractivity contribution >= 4 is 5.82 Å². The lowest BCUT2D eigenvalue weighted by Gasteiger charge is -2.24. The van der Waals surface area contributed by atoms with Crippen molar-refractivity contribution in [2.45, 2.75) is 24.9 Å².